The van der Waals surface area contributed by atoms with Crippen molar-refractivity contribution in [2.45, 2.75) is 12.8 Å². The van der Waals surface area contributed by atoms with Crippen LogP contribution in [0.25, 0.3) is 0 Å². The molecule has 6 heteroatoms. The van der Waals surface area contributed by atoms with Crippen LogP contribution in [0.3, 0.4) is 0 Å². The highest BCUT2D eigenvalue weighted by atomic mass is 19.1. The number of benzene rings is 1. The van der Waals surface area contributed by atoms with Gasteiger partial charge in [-0.1, -0.05) is 12.1 Å². The van der Waals surface area contributed by atoms with Crippen molar-refractivity contribution >= 4 is 11.8 Å². The van der Waals surface area contributed by atoms with Crippen LogP contribution in [0, 0.1) is 5.82 Å². The zero-order chi connectivity index (χ0) is 15.1. The van der Waals surface area contributed by atoms with Gasteiger partial charge in [0.25, 0.3) is 0 Å². The van der Waals surface area contributed by atoms with E-state index in [1.165, 1.54) is 12.1 Å². The van der Waals surface area contributed by atoms with E-state index in [0.717, 1.165) is 19.5 Å². The average Bonchev–Trinajstić information content (AvgIpc) is 2.74. The minimum atomic E-state index is -0.367. The Kier molecular flexibility index (Phi) is 5.68. The van der Waals surface area contributed by atoms with E-state index in [1.54, 1.807) is 17.0 Å². The molecule has 1 aliphatic heterocycles. The van der Waals surface area contributed by atoms with Crippen molar-refractivity contribution in [3.63, 3.8) is 0 Å². The smallest absolute Gasteiger partial charge is 0.242 e. The molecule has 1 heterocycles. The normalized spacial score (nSPS) is 15.4. The lowest BCUT2D eigenvalue weighted by Gasteiger charge is -2.20. The molecule has 1 aliphatic rings. The van der Waals surface area contributed by atoms with Gasteiger partial charge in [-0.15, -0.1) is 0 Å². The summed E-state index contributed by atoms with van der Waals surface area (Å²) in [7, 11) is 0. The van der Waals surface area contributed by atoms with E-state index in [-0.39, 0.29) is 30.6 Å². The second kappa shape index (κ2) is 7.73. The molecule has 1 aromatic rings. The molecule has 0 radical (unpaired) electrons. The molecule has 0 atom stereocenters. The first kappa shape index (κ1) is 15.4. The number of hydrogen-bond donors (Lipinski definition) is 2. The van der Waals surface area contributed by atoms with E-state index >= 15 is 0 Å². The van der Waals surface area contributed by atoms with Gasteiger partial charge in [0, 0.05) is 19.6 Å². The van der Waals surface area contributed by atoms with Gasteiger partial charge in [0.15, 0.2) is 0 Å². The number of nitrogens with zero attached hydrogens (tertiary/aromatic N) is 1. The quantitative estimate of drug-likeness (QED) is 0.840. The van der Waals surface area contributed by atoms with Crippen LogP contribution in [0.5, 0.6) is 0 Å². The first-order valence-corrected chi connectivity index (χ1v) is 7.15. The van der Waals surface area contributed by atoms with Crippen molar-refractivity contribution in [1.82, 2.24) is 15.5 Å². The molecule has 2 amide bonds. The van der Waals surface area contributed by atoms with Gasteiger partial charge < -0.3 is 15.5 Å². The fourth-order valence-electron chi connectivity index (χ4n) is 2.28. The lowest BCUT2D eigenvalue weighted by atomic mass is 10.1. The summed E-state index contributed by atoms with van der Waals surface area (Å²) in [4.78, 5) is 25.5. The largest absolute Gasteiger partial charge is 0.347 e. The standard InChI is InChI=1S/C15H20FN3O2/c16-13-4-1-3-12(9-13)10-14(20)18-11-15(21)19-7-2-5-17-6-8-19/h1,3-4,9,17H,2,5-8,10-11H2,(H,18,20). The molecular weight excluding hydrogens is 273 g/mol. The van der Waals surface area contributed by atoms with Crippen LogP contribution in [-0.4, -0.2) is 49.4 Å². The van der Waals surface area contributed by atoms with Crippen LogP contribution in [0.4, 0.5) is 4.39 Å². The number of hydrogen-bond acceptors (Lipinski definition) is 3. The predicted molar refractivity (Wildman–Crippen MR) is 77.2 cm³/mol. The van der Waals surface area contributed by atoms with Gasteiger partial charge in [-0.25, -0.2) is 4.39 Å². The highest BCUT2D eigenvalue weighted by molar-refractivity contribution is 5.85. The average molecular weight is 293 g/mol. The molecule has 2 N–H and O–H groups in total. The maximum absolute atomic E-state index is 13.0. The molecule has 0 aromatic heterocycles. The molecule has 21 heavy (non-hydrogen) atoms. The first-order valence-electron chi connectivity index (χ1n) is 7.15. The van der Waals surface area contributed by atoms with Gasteiger partial charge >= 0.3 is 0 Å². The maximum Gasteiger partial charge on any atom is 0.242 e. The molecule has 2 rings (SSSR count). The Morgan fingerprint density at radius 2 is 2.14 bits per heavy atom. The molecule has 0 bridgehead atoms. The third-order valence-electron chi connectivity index (χ3n) is 3.38. The molecular formula is C15H20FN3O2. The molecule has 1 aromatic carbocycles. The third kappa shape index (κ3) is 5.15. The second-order valence-corrected chi connectivity index (χ2v) is 5.07. The van der Waals surface area contributed by atoms with Crippen LogP contribution >= 0.6 is 0 Å². The van der Waals surface area contributed by atoms with Gasteiger partial charge in [-0.3, -0.25) is 9.59 Å². The maximum atomic E-state index is 13.0. The Labute approximate surface area is 123 Å². The zero-order valence-electron chi connectivity index (χ0n) is 11.9. The summed E-state index contributed by atoms with van der Waals surface area (Å²) in [5.41, 5.74) is 0.596. The second-order valence-electron chi connectivity index (χ2n) is 5.07. The van der Waals surface area contributed by atoms with Crippen molar-refractivity contribution in [2.75, 3.05) is 32.7 Å². The molecule has 0 saturated carbocycles. The van der Waals surface area contributed by atoms with E-state index in [0.29, 0.717) is 18.7 Å². The molecule has 0 aliphatic carbocycles. The van der Waals surface area contributed by atoms with E-state index in [1.807, 2.05) is 0 Å². The lowest BCUT2D eigenvalue weighted by Crippen LogP contribution is -2.42. The summed E-state index contributed by atoms with van der Waals surface area (Å²) in [6, 6.07) is 5.90. The fourth-order valence-corrected chi connectivity index (χ4v) is 2.28. The molecule has 1 saturated heterocycles. The van der Waals surface area contributed by atoms with Crippen molar-refractivity contribution < 1.29 is 14.0 Å². The number of amides is 2. The van der Waals surface area contributed by atoms with Crippen molar-refractivity contribution in [1.29, 1.82) is 0 Å². The van der Waals surface area contributed by atoms with Gasteiger partial charge in [0.1, 0.15) is 5.82 Å². The molecule has 5 nitrogen and oxygen atoms in total. The van der Waals surface area contributed by atoms with Crippen molar-refractivity contribution in [3.8, 4) is 0 Å². The summed E-state index contributed by atoms with van der Waals surface area (Å²) in [5.74, 6) is -0.721. The van der Waals surface area contributed by atoms with Crippen LogP contribution in [-0.2, 0) is 16.0 Å². The van der Waals surface area contributed by atoms with E-state index in [9.17, 15) is 14.0 Å². The van der Waals surface area contributed by atoms with Crippen LogP contribution in [0.2, 0.25) is 0 Å². The summed E-state index contributed by atoms with van der Waals surface area (Å²) in [6.07, 6.45) is 0.996. The Bertz CT molecular complexity index is 499. The Morgan fingerprint density at radius 1 is 1.29 bits per heavy atom. The minimum absolute atomic E-state index is 0.00580. The SMILES string of the molecule is O=C(Cc1cccc(F)c1)NCC(=O)N1CCCNCC1. The number of nitrogens with one attached hydrogen (secondary N) is 2. The summed E-state index contributed by atoms with van der Waals surface area (Å²) in [6.45, 7) is 3.07. The van der Waals surface area contributed by atoms with Crippen LogP contribution < -0.4 is 10.6 Å². The Balaban J connectivity index is 1.76. The highest BCUT2D eigenvalue weighted by Crippen LogP contribution is 2.04. The van der Waals surface area contributed by atoms with E-state index in [4.69, 9.17) is 0 Å². The number of rotatable bonds is 4. The number of carbonyl (C=O) groups is 2. The van der Waals surface area contributed by atoms with Gasteiger partial charge in [0.2, 0.25) is 11.8 Å². The highest BCUT2D eigenvalue weighted by Gasteiger charge is 2.15. The third-order valence-corrected chi connectivity index (χ3v) is 3.38. The number of carbonyl (C=O) groups excluding carboxylic acids is 2. The van der Waals surface area contributed by atoms with Crippen LogP contribution in [0.1, 0.15) is 12.0 Å². The molecule has 1 fully saturated rings. The molecule has 114 valence electrons. The van der Waals surface area contributed by atoms with E-state index < -0.39 is 0 Å². The first-order chi connectivity index (χ1) is 10.1. The monoisotopic (exact) mass is 293 g/mol. The lowest BCUT2D eigenvalue weighted by molar-refractivity contribution is -0.132. The van der Waals surface area contributed by atoms with Crippen LogP contribution in [0.15, 0.2) is 24.3 Å². The van der Waals surface area contributed by atoms with Gasteiger partial charge in [-0.05, 0) is 30.7 Å². The summed E-state index contributed by atoms with van der Waals surface area (Å²) in [5, 5.41) is 5.81. The summed E-state index contributed by atoms with van der Waals surface area (Å²) >= 11 is 0. The molecule has 0 unspecified atom stereocenters. The van der Waals surface area contributed by atoms with E-state index in [2.05, 4.69) is 10.6 Å². The van der Waals surface area contributed by atoms with Crippen molar-refractivity contribution in [2.24, 2.45) is 0 Å². The topological polar surface area (TPSA) is 61.4 Å². The zero-order valence-corrected chi connectivity index (χ0v) is 11.9. The predicted octanol–water partition coefficient (Wildman–Crippen LogP) is 0.306. The Morgan fingerprint density at radius 3 is 2.95 bits per heavy atom. The summed E-state index contributed by atoms with van der Waals surface area (Å²) < 4.78 is 13.0. The minimum Gasteiger partial charge on any atom is -0.347 e. The van der Waals surface area contributed by atoms with Gasteiger partial charge in [-0.2, -0.15) is 0 Å². The van der Waals surface area contributed by atoms with Crippen molar-refractivity contribution in [3.05, 3.63) is 35.6 Å². The molecule has 0 spiro atoms. The Hall–Kier alpha value is -1.95. The fraction of sp³-hybridized carbons (Fsp3) is 0.467. The van der Waals surface area contributed by atoms with Gasteiger partial charge in [0.05, 0.1) is 13.0 Å². The number of halogens is 1.